The molecule has 0 spiro atoms. The lowest BCUT2D eigenvalue weighted by molar-refractivity contribution is 1.07. The molecule has 0 amide bonds. The molecule has 0 saturated carbocycles. The number of aliphatic imine (C=N–C) groups is 2. The smallest absolute Gasteiger partial charge is 0.0716 e. The minimum Gasteiger partial charge on any atom is -0.280 e. The van der Waals surface area contributed by atoms with Crippen molar-refractivity contribution in [3.05, 3.63) is 214 Å². The minimum atomic E-state index is 0.517. The molecule has 2 nitrogen and oxygen atoms in total. The lowest BCUT2D eigenvalue weighted by Crippen LogP contribution is -2.02. The van der Waals surface area contributed by atoms with Gasteiger partial charge >= 0.3 is 0 Å². The highest BCUT2D eigenvalue weighted by atomic mass is 14.8. The summed E-state index contributed by atoms with van der Waals surface area (Å²) < 4.78 is 0. The molecule has 280 valence electrons. The van der Waals surface area contributed by atoms with E-state index in [2.05, 4.69) is 192 Å². The lowest BCUT2D eigenvalue weighted by Gasteiger charge is -2.19. The van der Waals surface area contributed by atoms with Crippen molar-refractivity contribution in [1.82, 2.24) is 0 Å². The molecule has 0 radical (unpaired) electrons. The monoisotopic (exact) mass is 738 g/mol. The summed E-state index contributed by atoms with van der Waals surface area (Å²) in [5, 5.41) is 5.05. The van der Waals surface area contributed by atoms with E-state index >= 15 is 0 Å². The quantitative estimate of drug-likeness (QED) is 0.0717. The Morgan fingerprint density at radius 3 is 1.79 bits per heavy atom. The van der Waals surface area contributed by atoms with Gasteiger partial charge in [0.15, 0.2) is 0 Å². The van der Waals surface area contributed by atoms with Crippen molar-refractivity contribution in [3.63, 3.8) is 0 Å². The van der Waals surface area contributed by atoms with Crippen LogP contribution in [-0.4, -0.2) is 12.4 Å². The molecule has 0 heterocycles. The van der Waals surface area contributed by atoms with Gasteiger partial charge in [-0.2, -0.15) is 0 Å². The SMILES string of the molecule is C=C/C(=C\C=C/C)c1ccc(/C(=C/C(=NCc2ccc(-c3cc4ccccc4c4ccccc34)cc2)c2ccc(-c3c(C)c(C)c(C)c(C)c3C)cc2)N=C)cc1. The number of nitrogens with zero attached hydrogens (tertiary/aromatic N) is 2. The largest absolute Gasteiger partial charge is 0.280 e. The normalized spacial score (nSPS) is 12.5. The maximum Gasteiger partial charge on any atom is 0.0716 e. The van der Waals surface area contributed by atoms with Gasteiger partial charge in [-0.05, 0) is 154 Å². The Kier molecular flexibility index (Phi) is 11.5. The Balaban J connectivity index is 1.26. The van der Waals surface area contributed by atoms with Crippen LogP contribution in [0.2, 0.25) is 0 Å². The summed E-state index contributed by atoms with van der Waals surface area (Å²) in [6.45, 7) is 21.7. The number of rotatable bonds is 11. The second-order valence-electron chi connectivity index (χ2n) is 14.8. The van der Waals surface area contributed by atoms with Crippen molar-refractivity contribution in [3.8, 4) is 22.3 Å². The van der Waals surface area contributed by atoms with Gasteiger partial charge in [-0.15, -0.1) is 0 Å². The van der Waals surface area contributed by atoms with Gasteiger partial charge in [-0.25, -0.2) is 0 Å². The molecule has 0 aromatic heterocycles. The number of benzene rings is 7. The van der Waals surface area contributed by atoms with E-state index < -0.39 is 0 Å². The fourth-order valence-corrected chi connectivity index (χ4v) is 7.89. The summed E-state index contributed by atoms with van der Waals surface area (Å²) in [5.74, 6) is 0. The van der Waals surface area contributed by atoms with Gasteiger partial charge in [0.25, 0.3) is 0 Å². The molecule has 0 aliphatic rings. The van der Waals surface area contributed by atoms with Crippen LogP contribution in [-0.2, 0) is 6.54 Å². The molecule has 2 heteroatoms. The highest BCUT2D eigenvalue weighted by molar-refractivity contribution is 6.14. The van der Waals surface area contributed by atoms with E-state index in [1.54, 1.807) is 0 Å². The molecule has 7 aromatic rings. The van der Waals surface area contributed by atoms with E-state index in [0.717, 1.165) is 39.2 Å². The average Bonchev–Trinajstić information content (AvgIpc) is 3.26. The highest BCUT2D eigenvalue weighted by Crippen LogP contribution is 2.36. The van der Waals surface area contributed by atoms with Gasteiger partial charge in [0, 0.05) is 5.56 Å². The molecule has 0 fully saturated rings. The first-order chi connectivity index (χ1) is 27.7. The molecular formula is C55H50N2. The molecular weight excluding hydrogens is 689 g/mol. The van der Waals surface area contributed by atoms with Gasteiger partial charge in [-0.3, -0.25) is 9.98 Å². The summed E-state index contributed by atoms with van der Waals surface area (Å²) in [4.78, 5) is 9.78. The molecule has 0 unspecified atom stereocenters. The van der Waals surface area contributed by atoms with Gasteiger partial charge in [0.2, 0.25) is 0 Å². The third-order valence-corrected chi connectivity index (χ3v) is 11.6. The van der Waals surface area contributed by atoms with E-state index in [9.17, 15) is 0 Å². The van der Waals surface area contributed by atoms with Crippen LogP contribution in [0.5, 0.6) is 0 Å². The van der Waals surface area contributed by atoms with E-state index in [-0.39, 0.29) is 0 Å². The standard InChI is InChI=1S/C55H50N2/c1-9-11-16-42(10-2)43-25-27-45(28-26-43)53(56-8)34-54(46-29-31-47(32-30-46)55-39(6)37(4)36(3)38(5)40(55)7)57-35-41-21-23-44(24-22-41)52-33-48-17-12-13-18-49(48)50-19-14-15-20-51(50)52/h9-34H,2,8,35H2,1,3-7H3/b11-9-,42-16+,53-34-,57-54?. The van der Waals surface area contributed by atoms with Crippen LogP contribution >= 0.6 is 0 Å². The first-order valence-corrected chi connectivity index (χ1v) is 19.7. The Hall–Kier alpha value is -6.64. The zero-order valence-electron chi connectivity index (χ0n) is 34.0. The Labute approximate surface area is 338 Å². The third-order valence-electron chi connectivity index (χ3n) is 11.6. The fourth-order valence-electron chi connectivity index (χ4n) is 7.89. The van der Waals surface area contributed by atoms with E-state index in [0.29, 0.717) is 6.54 Å². The Morgan fingerprint density at radius 1 is 0.596 bits per heavy atom. The summed E-state index contributed by atoms with van der Waals surface area (Å²) in [6, 6.07) is 45.7. The average molecular weight is 739 g/mol. The van der Waals surface area contributed by atoms with Gasteiger partial charge in [-0.1, -0.05) is 152 Å². The number of hydrogen-bond donors (Lipinski definition) is 0. The van der Waals surface area contributed by atoms with Gasteiger partial charge in [0.1, 0.15) is 0 Å². The second kappa shape index (κ2) is 17.0. The maximum atomic E-state index is 5.26. The van der Waals surface area contributed by atoms with Crippen LogP contribution < -0.4 is 0 Å². The molecule has 0 bridgehead atoms. The first kappa shape index (κ1) is 38.6. The minimum absolute atomic E-state index is 0.517. The van der Waals surface area contributed by atoms with Crippen LogP contribution in [0, 0.1) is 34.6 Å². The molecule has 57 heavy (non-hydrogen) atoms. The molecule has 7 rings (SSSR count). The van der Waals surface area contributed by atoms with Crippen molar-refractivity contribution in [1.29, 1.82) is 0 Å². The number of hydrogen-bond acceptors (Lipinski definition) is 2. The van der Waals surface area contributed by atoms with Crippen LogP contribution in [0.15, 0.2) is 174 Å². The van der Waals surface area contributed by atoms with E-state index in [4.69, 9.17) is 4.99 Å². The van der Waals surface area contributed by atoms with E-state index in [1.165, 1.54) is 71.6 Å². The van der Waals surface area contributed by atoms with Crippen LogP contribution in [0.25, 0.3) is 55.1 Å². The Morgan fingerprint density at radius 2 is 1.16 bits per heavy atom. The number of allylic oxidation sites excluding steroid dienone is 6. The molecule has 0 atom stereocenters. The van der Waals surface area contributed by atoms with Crippen molar-refractivity contribution in [2.75, 3.05) is 0 Å². The fraction of sp³-hybridized carbons (Fsp3) is 0.127. The highest BCUT2D eigenvalue weighted by Gasteiger charge is 2.15. The lowest BCUT2D eigenvalue weighted by atomic mass is 9.86. The summed E-state index contributed by atoms with van der Waals surface area (Å²) >= 11 is 0. The zero-order chi connectivity index (χ0) is 40.1. The molecule has 0 aliphatic carbocycles. The van der Waals surface area contributed by atoms with Crippen molar-refractivity contribution in [2.45, 2.75) is 48.1 Å². The van der Waals surface area contributed by atoms with Crippen molar-refractivity contribution >= 4 is 45.2 Å². The van der Waals surface area contributed by atoms with Crippen LogP contribution in [0.3, 0.4) is 0 Å². The second-order valence-corrected chi connectivity index (χ2v) is 14.8. The molecule has 0 N–H and O–H groups in total. The maximum absolute atomic E-state index is 5.26. The summed E-state index contributed by atoms with van der Waals surface area (Å²) in [7, 11) is 0. The predicted octanol–water partition coefficient (Wildman–Crippen LogP) is 14.7. The van der Waals surface area contributed by atoms with Gasteiger partial charge in [0.05, 0.1) is 18.0 Å². The molecule has 7 aromatic carbocycles. The summed E-state index contributed by atoms with van der Waals surface area (Å²) in [5.41, 5.74) is 18.6. The predicted molar refractivity (Wildman–Crippen MR) is 250 cm³/mol. The molecule has 0 saturated heterocycles. The van der Waals surface area contributed by atoms with Gasteiger partial charge < -0.3 is 0 Å². The summed E-state index contributed by atoms with van der Waals surface area (Å²) in [6.07, 6.45) is 10.0. The van der Waals surface area contributed by atoms with E-state index in [1.807, 2.05) is 25.2 Å². The van der Waals surface area contributed by atoms with Crippen molar-refractivity contribution in [2.24, 2.45) is 9.98 Å². The first-order valence-electron chi connectivity index (χ1n) is 19.7. The zero-order valence-corrected chi connectivity index (χ0v) is 34.0. The molecule has 0 aliphatic heterocycles. The van der Waals surface area contributed by atoms with Crippen LogP contribution in [0.4, 0.5) is 0 Å². The van der Waals surface area contributed by atoms with Crippen molar-refractivity contribution < 1.29 is 0 Å². The van der Waals surface area contributed by atoms with Crippen LogP contribution in [0.1, 0.15) is 57.0 Å². The Bertz CT molecular complexity index is 2720. The topological polar surface area (TPSA) is 24.7 Å². The number of fused-ring (bicyclic) bond motifs is 3. The third kappa shape index (κ3) is 7.90.